The monoisotopic (exact) mass is 213 g/mol. The van der Waals surface area contributed by atoms with Crippen LogP contribution in [0.15, 0.2) is 12.2 Å². The lowest BCUT2D eigenvalue weighted by Gasteiger charge is -2.11. The van der Waals surface area contributed by atoms with Crippen LogP contribution in [-0.4, -0.2) is 28.8 Å². The molecule has 0 saturated carbocycles. The number of nitrogens with one attached hydrogen (secondary N) is 1. The van der Waals surface area contributed by atoms with E-state index in [1.807, 2.05) is 6.92 Å². The van der Waals surface area contributed by atoms with Gasteiger partial charge >= 0.3 is 5.97 Å². The largest absolute Gasteiger partial charge is 0.480 e. The molecule has 0 rings (SSSR count). The van der Waals surface area contributed by atoms with E-state index in [2.05, 4.69) is 5.32 Å². The highest BCUT2D eigenvalue weighted by atomic mass is 16.4. The molecule has 0 aromatic heterocycles. The number of carboxylic acids is 1. The van der Waals surface area contributed by atoms with E-state index in [4.69, 9.17) is 5.11 Å². The summed E-state index contributed by atoms with van der Waals surface area (Å²) in [4.78, 5) is 32.3. The number of aliphatic carboxylic acids is 1. The van der Waals surface area contributed by atoms with Gasteiger partial charge in [-0.25, -0.2) is 4.79 Å². The van der Waals surface area contributed by atoms with Crippen molar-refractivity contribution in [1.29, 1.82) is 0 Å². The SMILES string of the molecule is CCC[C@H](NC(=O)/C=C/C(C)=O)C(=O)O. The van der Waals surface area contributed by atoms with E-state index in [0.29, 0.717) is 12.8 Å². The smallest absolute Gasteiger partial charge is 0.326 e. The molecule has 0 unspecified atom stereocenters. The van der Waals surface area contributed by atoms with Crippen molar-refractivity contribution in [2.75, 3.05) is 0 Å². The summed E-state index contributed by atoms with van der Waals surface area (Å²) in [5.74, 6) is -1.89. The fourth-order valence-electron chi connectivity index (χ4n) is 0.959. The van der Waals surface area contributed by atoms with Gasteiger partial charge in [-0.15, -0.1) is 0 Å². The van der Waals surface area contributed by atoms with E-state index in [1.165, 1.54) is 6.92 Å². The molecule has 0 radical (unpaired) electrons. The molecule has 1 amide bonds. The summed E-state index contributed by atoms with van der Waals surface area (Å²) in [7, 11) is 0. The topological polar surface area (TPSA) is 83.5 Å². The average Bonchev–Trinajstić information content (AvgIpc) is 2.14. The van der Waals surface area contributed by atoms with Gasteiger partial charge in [0, 0.05) is 6.08 Å². The number of carbonyl (C=O) groups excluding carboxylic acids is 2. The maximum Gasteiger partial charge on any atom is 0.326 e. The zero-order chi connectivity index (χ0) is 11.8. The van der Waals surface area contributed by atoms with Crippen LogP contribution in [0.1, 0.15) is 26.7 Å². The van der Waals surface area contributed by atoms with Crippen LogP contribution in [-0.2, 0) is 14.4 Å². The quantitative estimate of drug-likeness (QED) is 0.629. The fourth-order valence-corrected chi connectivity index (χ4v) is 0.959. The maximum absolute atomic E-state index is 11.1. The summed E-state index contributed by atoms with van der Waals surface area (Å²) in [6, 6.07) is -0.890. The summed E-state index contributed by atoms with van der Waals surface area (Å²) < 4.78 is 0. The van der Waals surface area contributed by atoms with Gasteiger partial charge in [-0.05, 0) is 19.4 Å². The molecule has 0 aliphatic carbocycles. The van der Waals surface area contributed by atoms with Gasteiger partial charge in [0.25, 0.3) is 0 Å². The lowest BCUT2D eigenvalue weighted by molar-refractivity contribution is -0.141. The number of allylic oxidation sites excluding steroid dienone is 1. The summed E-state index contributed by atoms with van der Waals surface area (Å²) in [6.07, 6.45) is 3.16. The van der Waals surface area contributed by atoms with Crippen LogP contribution in [0.25, 0.3) is 0 Å². The molecule has 0 spiro atoms. The van der Waals surface area contributed by atoms with E-state index in [-0.39, 0.29) is 5.78 Å². The number of rotatable bonds is 6. The Morgan fingerprint density at radius 3 is 2.33 bits per heavy atom. The van der Waals surface area contributed by atoms with Crippen molar-refractivity contribution >= 4 is 17.7 Å². The minimum absolute atomic E-state index is 0.257. The van der Waals surface area contributed by atoms with Crippen molar-refractivity contribution in [3.63, 3.8) is 0 Å². The second kappa shape index (κ2) is 6.75. The minimum Gasteiger partial charge on any atom is -0.480 e. The highest BCUT2D eigenvalue weighted by Gasteiger charge is 2.17. The van der Waals surface area contributed by atoms with Gasteiger partial charge in [0.15, 0.2) is 5.78 Å². The Bertz CT molecular complexity index is 283. The molecule has 0 aromatic carbocycles. The van der Waals surface area contributed by atoms with E-state index >= 15 is 0 Å². The van der Waals surface area contributed by atoms with Crippen molar-refractivity contribution < 1.29 is 19.5 Å². The summed E-state index contributed by atoms with van der Waals surface area (Å²) >= 11 is 0. The lowest BCUT2D eigenvalue weighted by atomic mass is 10.1. The zero-order valence-corrected chi connectivity index (χ0v) is 8.82. The van der Waals surface area contributed by atoms with Gasteiger partial charge in [-0.1, -0.05) is 13.3 Å². The highest BCUT2D eigenvalue weighted by molar-refractivity contribution is 5.97. The second-order valence-electron chi connectivity index (χ2n) is 3.13. The summed E-state index contributed by atoms with van der Waals surface area (Å²) in [5, 5.41) is 11.0. The molecule has 0 aliphatic heterocycles. The third-order valence-electron chi connectivity index (χ3n) is 1.66. The molecule has 0 fully saturated rings. The molecule has 1 atom stereocenters. The first-order valence-corrected chi connectivity index (χ1v) is 4.69. The number of ketones is 1. The molecule has 0 saturated heterocycles. The molecular formula is C10H15NO4. The van der Waals surface area contributed by atoms with Crippen LogP contribution in [0.2, 0.25) is 0 Å². The van der Waals surface area contributed by atoms with E-state index < -0.39 is 17.9 Å². The molecule has 2 N–H and O–H groups in total. The van der Waals surface area contributed by atoms with E-state index in [9.17, 15) is 14.4 Å². The first-order valence-electron chi connectivity index (χ1n) is 4.69. The maximum atomic E-state index is 11.1. The van der Waals surface area contributed by atoms with Gasteiger partial charge < -0.3 is 10.4 Å². The van der Waals surface area contributed by atoms with Crippen LogP contribution in [0, 0.1) is 0 Å². The first-order chi connectivity index (χ1) is 6.97. The summed E-state index contributed by atoms with van der Waals surface area (Å²) in [6.45, 7) is 3.14. The average molecular weight is 213 g/mol. The van der Waals surface area contributed by atoms with Crippen molar-refractivity contribution in [3.8, 4) is 0 Å². The van der Waals surface area contributed by atoms with Crippen molar-refractivity contribution in [1.82, 2.24) is 5.32 Å². The molecule has 84 valence electrons. The van der Waals surface area contributed by atoms with Crippen molar-refractivity contribution in [2.24, 2.45) is 0 Å². The Hall–Kier alpha value is -1.65. The lowest BCUT2D eigenvalue weighted by Crippen LogP contribution is -2.39. The molecule has 0 aromatic rings. The Labute approximate surface area is 88.2 Å². The molecule has 15 heavy (non-hydrogen) atoms. The number of hydrogen-bond acceptors (Lipinski definition) is 3. The molecule has 5 nitrogen and oxygen atoms in total. The first kappa shape index (κ1) is 13.4. The fraction of sp³-hybridized carbons (Fsp3) is 0.500. The van der Waals surface area contributed by atoms with Crippen molar-refractivity contribution in [2.45, 2.75) is 32.7 Å². The molecular weight excluding hydrogens is 198 g/mol. The van der Waals surface area contributed by atoms with Crippen LogP contribution < -0.4 is 5.32 Å². The second-order valence-corrected chi connectivity index (χ2v) is 3.13. The zero-order valence-electron chi connectivity index (χ0n) is 8.82. The predicted molar refractivity (Wildman–Crippen MR) is 54.3 cm³/mol. The van der Waals surface area contributed by atoms with Gasteiger partial charge in [-0.2, -0.15) is 0 Å². The van der Waals surface area contributed by atoms with E-state index in [1.54, 1.807) is 0 Å². The molecule has 0 heterocycles. The Balaban J connectivity index is 4.23. The Morgan fingerprint density at radius 2 is 1.93 bits per heavy atom. The molecule has 0 bridgehead atoms. The third-order valence-corrected chi connectivity index (χ3v) is 1.66. The van der Waals surface area contributed by atoms with Crippen LogP contribution in [0.5, 0.6) is 0 Å². The number of amides is 1. The molecule has 5 heteroatoms. The Kier molecular flexibility index (Phi) is 6.01. The van der Waals surface area contributed by atoms with Gasteiger partial charge in [0.2, 0.25) is 5.91 Å². The van der Waals surface area contributed by atoms with Gasteiger partial charge in [0.05, 0.1) is 0 Å². The van der Waals surface area contributed by atoms with E-state index in [0.717, 1.165) is 12.2 Å². The van der Waals surface area contributed by atoms with Crippen LogP contribution in [0.3, 0.4) is 0 Å². The van der Waals surface area contributed by atoms with Gasteiger partial charge in [-0.3, -0.25) is 9.59 Å². The molecule has 0 aliphatic rings. The Morgan fingerprint density at radius 1 is 1.33 bits per heavy atom. The minimum atomic E-state index is -1.07. The van der Waals surface area contributed by atoms with Crippen molar-refractivity contribution in [3.05, 3.63) is 12.2 Å². The normalized spacial score (nSPS) is 12.4. The number of carboxylic acid groups (broad SMARTS) is 1. The van der Waals surface area contributed by atoms with Crippen LogP contribution >= 0.6 is 0 Å². The highest BCUT2D eigenvalue weighted by Crippen LogP contribution is 1.96. The van der Waals surface area contributed by atoms with Crippen LogP contribution in [0.4, 0.5) is 0 Å². The number of hydrogen-bond donors (Lipinski definition) is 2. The third kappa shape index (κ3) is 6.42. The standard InChI is InChI=1S/C10H15NO4/c1-3-4-8(10(14)15)11-9(13)6-5-7(2)12/h5-6,8H,3-4H2,1-2H3,(H,11,13)(H,14,15)/b6-5+/t8-/m0/s1. The number of carbonyl (C=O) groups is 3. The van der Waals surface area contributed by atoms with Gasteiger partial charge in [0.1, 0.15) is 6.04 Å². The predicted octanol–water partition coefficient (Wildman–Crippen LogP) is 0.501. The summed E-state index contributed by atoms with van der Waals surface area (Å²) in [5.41, 5.74) is 0.